The van der Waals surface area contributed by atoms with E-state index in [9.17, 15) is 13.2 Å². The van der Waals surface area contributed by atoms with Crippen LogP contribution in [0.15, 0.2) is 0 Å². The highest BCUT2D eigenvalue weighted by Gasteiger charge is 2.40. The van der Waals surface area contributed by atoms with Crippen LogP contribution in [0.4, 0.5) is 19.1 Å². The van der Waals surface area contributed by atoms with Gasteiger partial charge in [-0.15, -0.1) is 0 Å². The Labute approximate surface area is 132 Å². The zero-order chi connectivity index (χ0) is 16.7. The van der Waals surface area contributed by atoms with Crippen LogP contribution in [0.2, 0.25) is 0 Å². The van der Waals surface area contributed by atoms with Crippen LogP contribution < -0.4 is 11.1 Å². The van der Waals surface area contributed by atoms with Crippen LogP contribution in [0, 0.1) is 11.3 Å². The van der Waals surface area contributed by atoms with Crippen molar-refractivity contribution in [3.05, 3.63) is 17.0 Å². The lowest BCUT2D eigenvalue weighted by atomic mass is 9.71. The predicted molar refractivity (Wildman–Crippen MR) is 82.4 cm³/mol. The van der Waals surface area contributed by atoms with E-state index in [0.29, 0.717) is 18.5 Å². The van der Waals surface area contributed by atoms with Crippen LogP contribution >= 0.6 is 12.2 Å². The van der Waals surface area contributed by atoms with Crippen LogP contribution in [0.25, 0.3) is 0 Å². The van der Waals surface area contributed by atoms with Gasteiger partial charge in [0.25, 0.3) is 0 Å². The molecule has 0 bridgehead atoms. The summed E-state index contributed by atoms with van der Waals surface area (Å²) < 4.78 is 40.0. The number of rotatable bonds is 1. The van der Waals surface area contributed by atoms with E-state index in [2.05, 4.69) is 27.5 Å². The van der Waals surface area contributed by atoms with Crippen molar-refractivity contribution in [2.45, 2.75) is 46.2 Å². The average molecular weight is 332 g/mol. The highest BCUT2D eigenvalue weighted by molar-refractivity contribution is 7.80. The smallest absolute Gasteiger partial charge is 0.376 e. The van der Waals surface area contributed by atoms with Gasteiger partial charge in [0.2, 0.25) is 5.95 Å². The summed E-state index contributed by atoms with van der Waals surface area (Å²) in [5, 5.41) is 2.24. The zero-order valence-corrected chi connectivity index (χ0v) is 13.5. The van der Waals surface area contributed by atoms with Crippen molar-refractivity contribution in [2.24, 2.45) is 17.1 Å². The number of halogens is 3. The summed E-state index contributed by atoms with van der Waals surface area (Å²) in [5.74, 6) is -0.0214. The summed E-state index contributed by atoms with van der Waals surface area (Å²) in [4.78, 5) is 7.75. The molecule has 4 nitrogen and oxygen atoms in total. The van der Waals surface area contributed by atoms with Gasteiger partial charge in [-0.2, -0.15) is 13.2 Å². The van der Waals surface area contributed by atoms with Crippen LogP contribution in [0.3, 0.4) is 0 Å². The molecular weight excluding hydrogens is 313 g/mol. The molecule has 0 aromatic carbocycles. The third-order valence-electron chi connectivity index (χ3n) is 4.00. The predicted octanol–water partition coefficient (Wildman–Crippen LogP) is 3.30. The number of nitrogens with two attached hydrogens (primary N) is 1. The van der Waals surface area contributed by atoms with Crippen LogP contribution in [0.1, 0.15) is 44.1 Å². The lowest BCUT2D eigenvalue weighted by molar-refractivity contribution is -0.142. The molecule has 8 heteroatoms. The molecule has 0 spiro atoms. The van der Waals surface area contributed by atoms with E-state index in [1.54, 1.807) is 0 Å². The SMILES string of the molecule is CC(C)(C)C1CCc2nc(NC(N)=S)nc(C(F)(F)F)c2C1. The fourth-order valence-electron chi connectivity index (χ4n) is 2.75. The van der Waals surface area contributed by atoms with E-state index in [-0.39, 0.29) is 28.0 Å². The third kappa shape index (κ3) is 3.66. The first-order valence-corrected chi connectivity index (χ1v) is 7.42. The van der Waals surface area contributed by atoms with Gasteiger partial charge >= 0.3 is 6.18 Å². The van der Waals surface area contributed by atoms with Gasteiger partial charge in [0.05, 0.1) is 0 Å². The van der Waals surface area contributed by atoms with Crippen molar-refractivity contribution >= 4 is 23.3 Å². The second-order valence-electron chi connectivity index (χ2n) is 6.61. The lowest BCUT2D eigenvalue weighted by Crippen LogP contribution is -2.31. The number of nitrogens with zero attached hydrogens (tertiary/aromatic N) is 2. The lowest BCUT2D eigenvalue weighted by Gasteiger charge is -2.35. The fraction of sp³-hybridized carbons (Fsp3) is 0.643. The summed E-state index contributed by atoms with van der Waals surface area (Å²) in [6.45, 7) is 6.12. The van der Waals surface area contributed by atoms with Gasteiger partial charge in [-0.1, -0.05) is 20.8 Å². The monoisotopic (exact) mass is 332 g/mol. The molecule has 0 fully saturated rings. The van der Waals surface area contributed by atoms with Crippen molar-refractivity contribution < 1.29 is 13.2 Å². The second-order valence-corrected chi connectivity index (χ2v) is 7.05. The molecule has 0 saturated heterocycles. The molecule has 22 heavy (non-hydrogen) atoms. The number of hydrogen-bond acceptors (Lipinski definition) is 3. The summed E-state index contributed by atoms with van der Waals surface area (Å²) >= 11 is 4.64. The van der Waals surface area contributed by atoms with Crippen molar-refractivity contribution in [2.75, 3.05) is 5.32 Å². The highest BCUT2D eigenvalue weighted by Crippen LogP contribution is 2.41. The Bertz CT molecular complexity index is 593. The molecule has 1 unspecified atom stereocenters. The number of aromatic nitrogens is 2. The largest absolute Gasteiger partial charge is 0.433 e. The van der Waals surface area contributed by atoms with E-state index < -0.39 is 11.9 Å². The van der Waals surface area contributed by atoms with E-state index >= 15 is 0 Å². The van der Waals surface area contributed by atoms with Crippen molar-refractivity contribution in [3.63, 3.8) is 0 Å². The molecule has 1 aromatic rings. The van der Waals surface area contributed by atoms with Gasteiger partial charge in [0.1, 0.15) is 0 Å². The van der Waals surface area contributed by atoms with Gasteiger partial charge in [-0.05, 0) is 42.8 Å². The first-order chi connectivity index (χ1) is 9.98. The maximum atomic E-state index is 13.3. The molecule has 0 amide bonds. The van der Waals surface area contributed by atoms with Crippen LogP contribution in [-0.2, 0) is 19.0 Å². The zero-order valence-electron chi connectivity index (χ0n) is 12.7. The number of nitrogens with one attached hydrogen (secondary N) is 1. The summed E-state index contributed by atoms with van der Waals surface area (Å²) in [6, 6.07) is 0. The maximum absolute atomic E-state index is 13.3. The molecule has 0 saturated carbocycles. The number of alkyl halides is 3. The van der Waals surface area contributed by atoms with Crippen LogP contribution in [-0.4, -0.2) is 15.1 Å². The molecule has 0 aliphatic heterocycles. The molecule has 3 N–H and O–H groups in total. The Morgan fingerprint density at radius 1 is 1.27 bits per heavy atom. The van der Waals surface area contributed by atoms with Gasteiger partial charge in [-0.25, -0.2) is 9.97 Å². The first kappa shape index (κ1) is 16.9. The number of hydrogen-bond donors (Lipinski definition) is 2. The van der Waals surface area contributed by atoms with Gasteiger partial charge in [0.15, 0.2) is 10.8 Å². The molecule has 1 atom stereocenters. The Balaban J connectivity index is 2.49. The molecule has 1 aliphatic carbocycles. The standard InChI is InChI=1S/C14H19F3N4S/c1-13(2,3)7-4-5-9-8(6-7)10(14(15,16)17)20-12(19-9)21-11(18)22/h7H,4-6H2,1-3H3,(H3,18,19,20,21,22). The molecule has 1 aromatic heterocycles. The minimum absolute atomic E-state index is 0.0592. The fourth-order valence-corrected chi connectivity index (χ4v) is 2.84. The van der Waals surface area contributed by atoms with Crippen molar-refractivity contribution in [1.29, 1.82) is 0 Å². The summed E-state index contributed by atoms with van der Waals surface area (Å²) in [5.41, 5.74) is 4.99. The summed E-state index contributed by atoms with van der Waals surface area (Å²) in [6.07, 6.45) is -2.90. The Morgan fingerprint density at radius 3 is 2.41 bits per heavy atom. The van der Waals surface area contributed by atoms with Crippen molar-refractivity contribution in [3.8, 4) is 0 Å². The molecule has 0 radical (unpaired) electrons. The van der Waals surface area contributed by atoms with Gasteiger partial charge < -0.3 is 11.1 Å². The minimum atomic E-state index is -4.53. The van der Waals surface area contributed by atoms with E-state index in [1.807, 2.05) is 20.8 Å². The van der Waals surface area contributed by atoms with E-state index in [0.717, 1.165) is 6.42 Å². The normalized spacial score (nSPS) is 18.7. The Morgan fingerprint density at radius 2 is 1.91 bits per heavy atom. The van der Waals surface area contributed by atoms with E-state index in [1.165, 1.54) is 0 Å². The van der Waals surface area contributed by atoms with Crippen LogP contribution in [0.5, 0.6) is 0 Å². The topological polar surface area (TPSA) is 63.8 Å². The second kappa shape index (κ2) is 5.64. The molecule has 122 valence electrons. The number of aryl methyl sites for hydroxylation is 1. The average Bonchev–Trinajstić information content (AvgIpc) is 2.34. The number of anilines is 1. The van der Waals surface area contributed by atoms with Crippen molar-refractivity contribution in [1.82, 2.24) is 9.97 Å². The number of fused-ring (bicyclic) bond motifs is 1. The molecule has 1 heterocycles. The quantitative estimate of drug-likeness (QED) is 0.773. The van der Waals surface area contributed by atoms with E-state index in [4.69, 9.17) is 5.73 Å². The molecule has 2 rings (SSSR count). The Hall–Kier alpha value is -1.44. The first-order valence-electron chi connectivity index (χ1n) is 7.02. The maximum Gasteiger partial charge on any atom is 0.433 e. The third-order valence-corrected chi connectivity index (χ3v) is 4.10. The minimum Gasteiger partial charge on any atom is -0.376 e. The number of thiocarbonyl (C=S) groups is 1. The molecule has 1 aliphatic rings. The molecular formula is C14H19F3N4S. The van der Waals surface area contributed by atoms with Gasteiger partial charge in [-0.3, -0.25) is 0 Å². The van der Waals surface area contributed by atoms with Gasteiger partial charge in [0, 0.05) is 11.3 Å². The highest BCUT2D eigenvalue weighted by atomic mass is 32.1. The summed E-state index contributed by atoms with van der Waals surface area (Å²) in [7, 11) is 0. The Kier molecular flexibility index (Phi) is 4.34.